The number of benzene rings is 1. The van der Waals surface area contributed by atoms with Gasteiger partial charge in [-0.05, 0) is 31.0 Å². The highest BCUT2D eigenvalue weighted by molar-refractivity contribution is 5.84. The predicted octanol–water partition coefficient (Wildman–Crippen LogP) is -0.801. The van der Waals surface area contributed by atoms with Crippen LogP contribution in [0.25, 0.3) is 0 Å². The van der Waals surface area contributed by atoms with E-state index in [1.807, 2.05) is 17.0 Å². The van der Waals surface area contributed by atoms with Crippen LogP contribution in [0.1, 0.15) is 31.2 Å². The lowest BCUT2D eigenvalue weighted by Gasteiger charge is -2.38. The van der Waals surface area contributed by atoms with Gasteiger partial charge in [0, 0.05) is 23.4 Å². The second-order valence-electron chi connectivity index (χ2n) is 7.76. The number of rotatable bonds is 4. The minimum absolute atomic E-state index is 0.00558. The predicted molar refractivity (Wildman–Crippen MR) is 94.0 cm³/mol. The Hall–Kier alpha value is -2.28. The number of piperazine rings is 1. The van der Waals surface area contributed by atoms with Crippen molar-refractivity contribution in [3.05, 3.63) is 23.8 Å². The Morgan fingerprint density at radius 2 is 1.78 bits per heavy atom. The lowest BCUT2D eigenvalue weighted by Crippen LogP contribution is -3.13. The Labute approximate surface area is 158 Å². The molecule has 2 aliphatic heterocycles. The zero-order valence-corrected chi connectivity index (χ0v) is 15.4. The maximum Gasteiger partial charge on any atom is 0.231 e. The lowest BCUT2D eigenvalue weighted by atomic mass is 9.78. The number of amides is 1. The van der Waals surface area contributed by atoms with E-state index in [-0.39, 0.29) is 12.7 Å². The van der Waals surface area contributed by atoms with Gasteiger partial charge >= 0.3 is 0 Å². The van der Waals surface area contributed by atoms with Crippen LogP contribution in [-0.2, 0) is 16.1 Å². The zero-order valence-electron chi connectivity index (χ0n) is 15.4. The number of carbonyl (C=O) groups excluding carboxylic acids is 2. The smallest absolute Gasteiger partial charge is 0.231 e. The van der Waals surface area contributed by atoms with Crippen LogP contribution in [0.15, 0.2) is 18.2 Å². The summed E-state index contributed by atoms with van der Waals surface area (Å²) in [5.74, 6) is -0.499. The number of carboxylic acid groups (broad SMARTS) is 1. The molecule has 1 saturated carbocycles. The van der Waals surface area contributed by atoms with E-state index in [4.69, 9.17) is 9.47 Å². The Bertz CT molecular complexity index is 714. The van der Waals surface area contributed by atoms with Gasteiger partial charge in [-0.2, -0.15) is 0 Å². The first-order chi connectivity index (χ1) is 13.1. The van der Waals surface area contributed by atoms with Crippen molar-refractivity contribution >= 4 is 11.9 Å². The number of carbonyl (C=O) groups is 2. The van der Waals surface area contributed by atoms with E-state index in [1.165, 1.54) is 10.5 Å². The van der Waals surface area contributed by atoms with Gasteiger partial charge in [-0.25, -0.2) is 0 Å². The van der Waals surface area contributed by atoms with Gasteiger partial charge < -0.3 is 29.2 Å². The van der Waals surface area contributed by atoms with Crippen LogP contribution in [0, 0.1) is 11.8 Å². The minimum Gasteiger partial charge on any atom is -0.550 e. The summed E-state index contributed by atoms with van der Waals surface area (Å²) < 4.78 is 10.8. The summed E-state index contributed by atoms with van der Waals surface area (Å²) in [6.45, 7) is 4.24. The molecule has 0 radical (unpaired) electrons. The van der Waals surface area contributed by atoms with Gasteiger partial charge in [0.25, 0.3) is 0 Å². The highest BCUT2D eigenvalue weighted by Crippen LogP contribution is 2.32. The lowest BCUT2D eigenvalue weighted by molar-refractivity contribution is -0.917. The summed E-state index contributed by atoms with van der Waals surface area (Å²) in [7, 11) is 0. The van der Waals surface area contributed by atoms with Crippen LogP contribution >= 0.6 is 0 Å². The molecule has 27 heavy (non-hydrogen) atoms. The van der Waals surface area contributed by atoms with E-state index in [0.29, 0.717) is 25.9 Å². The highest BCUT2D eigenvalue weighted by atomic mass is 16.7. The molecule has 7 heteroatoms. The quantitative estimate of drug-likeness (QED) is 0.746. The summed E-state index contributed by atoms with van der Waals surface area (Å²) in [6.07, 6.45) is 3.03. The number of hydrogen-bond acceptors (Lipinski definition) is 5. The van der Waals surface area contributed by atoms with Crippen LogP contribution < -0.4 is 19.5 Å². The van der Waals surface area contributed by atoms with E-state index in [9.17, 15) is 14.7 Å². The van der Waals surface area contributed by atoms with Gasteiger partial charge in [0.05, 0.1) is 26.2 Å². The number of hydrogen-bond donors (Lipinski definition) is 1. The fourth-order valence-electron chi connectivity index (χ4n) is 4.50. The Balaban J connectivity index is 1.32. The highest BCUT2D eigenvalue weighted by Gasteiger charge is 2.36. The topological polar surface area (TPSA) is 83.3 Å². The van der Waals surface area contributed by atoms with Gasteiger partial charge in [0.15, 0.2) is 11.5 Å². The molecule has 1 N–H and O–H groups in total. The third kappa shape index (κ3) is 3.88. The molecule has 1 aliphatic carbocycles. The molecular formula is C20H26N2O5. The third-order valence-electron chi connectivity index (χ3n) is 6.06. The number of aliphatic carboxylic acids is 1. The molecule has 2 fully saturated rings. The Morgan fingerprint density at radius 3 is 2.52 bits per heavy atom. The van der Waals surface area contributed by atoms with Crippen molar-refractivity contribution in [2.75, 3.05) is 33.0 Å². The molecule has 3 aliphatic rings. The number of nitrogens with zero attached hydrogens (tertiary/aromatic N) is 1. The van der Waals surface area contributed by atoms with Crippen molar-refractivity contribution in [2.24, 2.45) is 11.8 Å². The van der Waals surface area contributed by atoms with E-state index >= 15 is 0 Å². The van der Waals surface area contributed by atoms with Crippen LogP contribution in [0.3, 0.4) is 0 Å². The van der Waals surface area contributed by atoms with Crippen LogP contribution in [0.2, 0.25) is 0 Å². The van der Waals surface area contributed by atoms with Crippen molar-refractivity contribution < 1.29 is 29.1 Å². The molecular weight excluding hydrogens is 348 g/mol. The van der Waals surface area contributed by atoms with Gasteiger partial charge in [0.1, 0.15) is 6.54 Å². The number of fused-ring (bicyclic) bond motifs is 1. The third-order valence-corrected chi connectivity index (χ3v) is 6.06. The van der Waals surface area contributed by atoms with Crippen molar-refractivity contribution in [2.45, 2.75) is 32.2 Å². The molecule has 0 spiro atoms. The number of ether oxygens (including phenoxy) is 2. The molecule has 2 heterocycles. The Morgan fingerprint density at radius 1 is 1.07 bits per heavy atom. The molecule has 1 saturated heterocycles. The summed E-state index contributed by atoms with van der Waals surface area (Å²) in [4.78, 5) is 27.5. The van der Waals surface area contributed by atoms with E-state index in [2.05, 4.69) is 6.07 Å². The monoisotopic (exact) mass is 374 g/mol. The van der Waals surface area contributed by atoms with Crippen molar-refractivity contribution in [1.82, 2.24) is 4.90 Å². The molecule has 7 nitrogen and oxygen atoms in total. The molecule has 0 unspecified atom stereocenters. The summed E-state index contributed by atoms with van der Waals surface area (Å²) in [5.41, 5.74) is 1.19. The molecule has 1 aromatic carbocycles. The normalized spacial score (nSPS) is 25.4. The minimum atomic E-state index is -1.07. The molecule has 2 atom stereocenters. The van der Waals surface area contributed by atoms with Gasteiger partial charge in [-0.1, -0.05) is 12.8 Å². The number of carboxylic acids is 1. The molecule has 1 amide bonds. The standard InChI is InChI=1S/C20H26N2O5/c23-19(15-3-1-2-4-16(15)20(24)25)22-9-7-21(8-10-22)12-14-5-6-17-18(11-14)27-13-26-17/h5-6,11,15-16H,1-4,7-10,12-13H2,(H,24,25)/t15-,16-/m1/s1. The first kappa shape index (κ1) is 18.1. The first-order valence-corrected chi connectivity index (χ1v) is 9.83. The maximum absolute atomic E-state index is 12.9. The molecule has 4 rings (SSSR count). The zero-order chi connectivity index (χ0) is 18.8. The SMILES string of the molecule is O=C([O-])[C@@H]1CCCC[C@H]1C(=O)N1CC[NH+](Cc2ccc3c(c2)OCO3)CC1. The molecule has 1 aromatic rings. The summed E-state index contributed by atoms with van der Waals surface area (Å²) in [6, 6.07) is 6.03. The summed E-state index contributed by atoms with van der Waals surface area (Å²) >= 11 is 0. The fraction of sp³-hybridized carbons (Fsp3) is 0.600. The van der Waals surface area contributed by atoms with Gasteiger partial charge in [-0.3, -0.25) is 4.79 Å². The van der Waals surface area contributed by atoms with E-state index in [1.54, 1.807) is 0 Å². The van der Waals surface area contributed by atoms with E-state index < -0.39 is 17.8 Å². The van der Waals surface area contributed by atoms with Crippen molar-refractivity contribution in [3.63, 3.8) is 0 Å². The van der Waals surface area contributed by atoms with E-state index in [0.717, 1.165) is 44.0 Å². The molecule has 146 valence electrons. The maximum atomic E-state index is 12.9. The fourth-order valence-corrected chi connectivity index (χ4v) is 4.50. The Kier molecular flexibility index (Phi) is 5.20. The number of nitrogens with one attached hydrogen (secondary N) is 1. The molecule has 0 bridgehead atoms. The van der Waals surface area contributed by atoms with Gasteiger partial charge in [0.2, 0.25) is 12.7 Å². The second kappa shape index (κ2) is 7.76. The average Bonchev–Trinajstić information content (AvgIpc) is 3.16. The van der Waals surface area contributed by atoms with Crippen LogP contribution in [0.4, 0.5) is 0 Å². The van der Waals surface area contributed by atoms with Gasteiger partial charge in [-0.15, -0.1) is 0 Å². The van der Waals surface area contributed by atoms with Crippen LogP contribution in [-0.4, -0.2) is 49.7 Å². The first-order valence-electron chi connectivity index (χ1n) is 9.83. The molecule has 0 aromatic heterocycles. The second-order valence-corrected chi connectivity index (χ2v) is 7.76. The van der Waals surface area contributed by atoms with Crippen molar-refractivity contribution in [3.8, 4) is 11.5 Å². The average molecular weight is 374 g/mol. The largest absolute Gasteiger partial charge is 0.550 e. The number of quaternary nitrogens is 1. The van der Waals surface area contributed by atoms with Crippen molar-refractivity contribution in [1.29, 1.82) is 0 Å². The summed E-state index contributed by atoms with van der Waals surface area (Å²) in [5, 5.41) is 11.4. The van der Waals surface area contributed by atoms with Crippen LogP contribution in [0.5, 0.6) is 11.5 Å².